The van der Waals surface area contributed by atoms with E-state index in [1.54, 1.807) is 12.3 Å². The molecule has 0 aliphatic rings. The van der Waals surface area contributed by atoms with Crippen molar-refractivity contribution in [3.05, 3.63) is 50.6 Å². The molecule has 0 saturated carbocycles. The number of ketones is 1. The summed E-state index contributed by atoms with van der Waals surface area (Å²) in [5.41, 5.74) is 0.911. The summed E-state index contributed by atoms with van der Waals surface area (Å²) in [7, 11) is 0. The van der Waals surface area contributed by atoms with Crippen LogP contribution in [0, 0.1) is 6.92 Å². The maximum Gasteiger partial charge on any atom is 0.387 e. The van der Waals surface area contributed by atoms with Crippen molar-refractivity contribution < 1.29 is 18.3 Å². The Hall–Kier alpha value is -2.02. The number of aromatic nitrogens is 1. The fraction of sp³-hybridized carbons (Fsp3) is 0.231. The van der Waals surface area contributed by atoms with Crippen LogP contribution in [0.1, 0.15) is 16.1 Å². The molecule has 0 aliphatic carbocycles. The van der Waals surface area contributed by atoms with Gasteiger partial charge in [-0.25, -0.2) is 0 Å². The standard InChI is InChI=1S/C13H11F2NO3S/c1-8-7-20-13(18)16(8)6-11(17)9-3-2-4-10(5-9)19-12(14)15/h2-5,7,12H,6H2,1H3. The number of rotatable bonds is 5. The first-order valence-corrected chi connectivity index (χ1v) is 6.58. The average Bonchev–Trinajstić information content (AvgIpc) is 2.70. The van der Waals surface area contributed by atoms with Gasteiger partial charge in [-0.05, 0) is 19.1 Å². The predicted octanol–water partition coefficient (Wildman–Crippen LogP) is 2.70. The van der Waals surface area contributed by atoms with Crippen molar-refractivity contribution in [1.29, 1.82) is 0 Å². The summed E-state index contributed by atoms with van der Waals surface area (Å²) in [4.78, 5) is 23.4. The van der Waals surface area contributed by atoms with Gasteiger partial charge in [0.1, 0.15) is 5.75 Å². The maximum atomic E-state index is 12.1. The molecule has 0 bridgehead atoms. The molecular weight excluding hydrogens is 288 g/mol. The molecule has 2 aromatic rings. The van der Waals surface area contributed by atoms with Crippen LogP contribution in [0.2, 0.25) is 0 Å². The molecule has 0 amide bonds. The van der Waals surface area contributed by atoms with Gasteiger partial charge < -0.3 is 4.74 Å². The Bertz CT molecular complexity index is 678. The van der Waals surface area contributed by atoms with E-state index >= 15 is 0 Å². The van der Waals surface area contributed by atoms with Gasteiger partial charge >= 0.3 is 11.5 Å². The topological polar surface area (TPSA) is 48.3 Å². The Balaban J connectivity index is 2.19. The van der Waals surface area contributed by atoms with Crippen LogP contribution in [-0.4, -0.2) is 17.0 Å². The van der Waals surface area contributed by atoms with Gasteiger partial charge in [0.2, 0.25) is 0 Å². The molecule has 0 saturated heterocycles. The van der Waals surface area contributed by atoms with Crippen LogP contribution >= 0.6 is 11.3 Å². The highest BCUT2D eigenvalue weighted by Crippen LogP contribution is 2.17. The van der Waals surface area contributed by atoms with E-state index in [2.05, 4.69) is 4.74 Å². The van der Waals surface area contributed by atoms with Gasteiger partial charge in [-0.3, -0.25) is 14.2 Å². The lowest BCUT2D eigenvalue weighted by molar-refractivity contribution is -0.0498. The second kappa shape index (κ2) is 5.96. The molecule has 1 heterocycles. The molecule has 1 aromatic heterocycles. The normalized spacial score (nSPS) is 10.8. The van der Waals surface area contributed by atoms with E-state index in [-0.39, 0.29) is 28.5 Å². The summed E-state index contributed by atoms with van der Waals surface area (Å²) < 4.78 is 29.8. The number of carbonyl (C=O) groups is 1. The summed E-state index contributed by atoms with van der Waals surface area (Å²) in [5, 5.41) is 1.66. The Morgan fingerprint density at radius 1 is 1.45 bits per heavy atom. The third kappa shape index (κ3) is 3.30. The number of nitrogens with zero attached hydrogens (tertiary/aromatic N) is 1. The lowest BCUT2D eigenvalue weighted by atomic mass is 10.1. The molecule has 0 spiro atoms. The summed E-state index contributed by atoms with van der Waals surface area (Å²) in [5.74, 6) is -0.423. The van der Waals surface area contributed by atoms with Gasteiger partial charge in [0, 0.05) is 16.6 Å². The van der Waals surface area contributed by atoms with Gasteiger partial charge in [-0.15, -0.1) is 0 Å². The monoisotopic (exact) mass is 299 g/mol. The van der Waals surface area contributed by atoms with Crippen molar-refractivity contribution in [2.75, 3.05) is 0 Å². The van der Waals surface area contributed by atoms with Crippen molar-refractivity contribution in [1.82, 2.24) is 4.57 Å². The molecule has 20 heavy (non-hydrogen) atoms. The van der Waals surface area contributed by atoms with Crippen molar-refractivity contribution in [3.63, 3.8) is 0 Å². The number of aryl methyl sites for hydroxylation is 1. The van der Waals surface area contributed by atoms with Crippen LogP contribution < -0.4 is 9.61 Å². The second-order valence-corrected chi connectivity index (χ2v) is 4.88. The molecule has 0 unspecified atom stereocenters. The molecule has 0 radical (unpaired) electrons. The minimum Gasteiger partial charge on any atom is -0.435 e. The van der Waals surface area contributed by atoms with Crippen LogP contribution in [-0.2, 0) is 6.54 Å². The predicted molar refractivity (Wildman–Crippen MR) is 70.7 cm³/mol. The number of hydrogen-bond donors (Lipinski definition) is 0. The highest BCUT2D eigenvalue weighted by Gasteiger charge is 2.12. The fourth-order valence-corrected chi connectivity index (χ4v) is 2.41. The van der Waals surface area contributed by atoms with E-state index in [4.69, 9.17) is 0 Å². The molecule has 7 heteroatoms. The third-order valence-electron chi connectivity index (χ3n) is 2.66. The number of alkyl halides is 2. The van der Waals surface area contributed by atoms with Crippen molar-refractivity contribution in [2.45, 2.75) is 20.1 Å². The highest BCUT2D eigenvalue weighted by atomic mass is 32.1. The van der Waals surface area contributed by atoms with Crippen LogP contribution in [0.25, 0.3) is 0 Å². The lowest BCUT2D eigenvalue weighted by Gasteiger charge is -2.07. The molecule has 0 fully saturated rings. The molecule has 0 atom stereocenters. The average molecular weight is 299 g/mol. The Kier molecular flexibility index (Phi) is 4.29. The number of carbonyl (C=O) groups excluding carboxylic acids is 1. The summed E-state index contributed by atoms with van der Waals surface area (Å²) in [6.45, 7) is -1.34. The van der Waals surface area contributed by atoms with Gasteiger partial charge in [-0.1, -0.05) is 23.5 Å². The van der Waals surface area contributed by atoms with E-state index in [0.29, 0.717) is 5.69 Å². The summed E-state index contributed by atoms with van der Waals surface area (Å²) >= 11 is 1.01. The maximum absolute atomic E-state index is 12.1. The summed E-state index contributed by atoms with van der Waals surface area (Å²) in [6, 6.07) is 5.52. The van der Waals surface area contributed by atoms with E-state index in [1.165, 1.54) is 28.8 Å². The van der Waals surface area contributed by atoms with Gasteiger partial charge in [0.15, 0.2) is 5.78 Å². The zero-order chi connectivity index (χ0) is 14.7. The number of Topliss-reactive ketones (excluding diaryl/α,β-unsaturated/α-hetero) is 1. The second-order valence-electron chi connectivity index (χ2n) is 4.06. The zero-order valence-corrected chi connectivity index (χ0v) is 11.3. The number of benzene rings is 1. The molecule has 4 nitrogen and oxygen atoms in total. The fourth-order valence-electron chi connectivity index (χ4n) is 1.68. The number of ether oxygens (including phenoxy) is 1. The van der Waals surface area contributed by atoms with Crippen molar-refractivity contribution in [3.8, 4) is 5.75 Å². The number of halogens is 2. The van der Waals surface area contributed by atoms with Gasteiger partial charge in [0.25, 0.3) is 0 Å². The van der Waals surface area contributed by atoms with Gasteiger partial charge in [-0.2, -0.15) is 8.78 Å². The first kappa shape index (κ1) is 14.4. The SMILES string of the molecule is Cc1csc(=O)n1CC(=O)c1cccc(OC(F)F)c1. The van der Waals surface area contributed by atoms with E-state index in [0.717, 1.165) is 11.3 Å². The first-order chi connectivity index (χ1) is 9.47. The summed E-state index contributed by atoms with van der Waals surface area (Å²) in [6.07, 6.45) is 0. The smallest absolute Gasteiger partial charge is 0.387 e. The zero-order valence-electron chi connectivity index (χ0n) is 10.5. The molecule has 106 valence electrons. The Labute approximate surface area is 117 Å². The quantitative estimate of drug-likeness (QED) is 0.798. The van der Waals surface area contributed by atoms with Crippen molar-refractivity contribution in [2.24, 2.45) is 0 Å². The van der Waals surface area contributed by atoms with Crippen LogP contribution in [0.15, 0.2) is 34.4 Å². The molecule has 0 N–H and O–H groups in total. The molecular formula is C13H11F2NO3S. The minimum atomic E-state index is -2.94. The van der Waals surface area contributed by atoms with Crippen LogP contribution in [0.5, 0.6) is 5.75 Å². The van der Waals surface area contributed by atoms with Crippen LogP contribution in [0.4, 0.5) is 8.78 Å². The molecule has 0 aliphatic heterocycles. The Morgan fingerprint density at radius 2 is 2.20 bits per heavy atom. The Morgan fingerprint density at radius 3 is 2.80 bits per heavy atom. The van der Waals surface area contributed by atoms with E-state index in [9.17, 15) is 18.4 Å². The molecule has 2 rings (SSSR count). The van der Waals surface area contributed by atoms with Crippen molar-refractivity contribution >= 4 is 17.1 Å². The third-order valence-corrected chi connectivity index (χ3v) is 3.54. The van der Waals surface area contributed by atoms with E-state index < -0.39 is 6.61 Å². The largest absolute Gasteiger partial charge is 0.435 e. The van der Waals surface area contributed by atoms with Gasteiger partial charge in [0.05, 0.1) is 6.54 Å². The van der Waals surface area contributed by atoms with E-state index in [1.807, 2.05) is 0 Å². The molecule has 1 aromatic carbocycles. The number of thiazole rings is 1. The first-order valence-electron chi connectivity index (χ1n) is 5.70. The minimum absolute atomic E-state index is 0.0831. The van der Waals surface area contributed by atoms with Crippen LogP contribution in [0.3, 0.4) is 0 Å². The highest BCUT2D eigenvalue weighted by molar-refractivity contribution is 7.07. The lowest BCUT2D eigenvalue weighted by Crippen LogP contribution is -2.20. The number of hydrogen-bond acceptors (Lipinski definition) is 4.